The maximum absolute atomic E-state index is 12.4. The van der Waals surface area contributed by atoms with Crippen LogP contribution in [0.2, 0.25) is 0 Å². The topological polar surface area (TPSA) is 98.8 Å². The third-order valence-corrected chi connectivity index (χ3v) is 5.52. The molecule has 1 aromatic carbocycles. The molecule has 178 valence electrons. The smallest absolute Gasteiger partial charge is 0.311 e. The zero-order valence-electron chi connectivity index (χ0n) is 19.9. The molecule has 0 aliphatic heterocycles. The Labute approximate surface area is 193 Å². The quantitative estimate of drug-likeness (QED) is 0.370. The fourth-order valence-electron chi connectivity index (χ4n) is 2.74. The number of nitrogens with two attached hydrogens (primary N) is 1. The number of hydrogen-bond donors (Lipinski definition) is 2. The Hall–Kier alpha value is -1.63. The Bertz CT molecular complexity index is 716. The second-order valence-electron chi connectivity index (χ2n) is 9.43. The molecule has 0 amide bonds. The van der Waals surface area contributed by atoms with E-state index in [9.17, 15) is 14.7 Å². The molecule has 3 N–H and O–H groups in total. The molecule has 31 heavy (non-hydrogen) atoms. The third-order valence-electron chi connectivity index (χ3n) is 5.52. The summed E-state index contributed by atoms with van der Waals surface area (Å²) in [6, 6.07) is 4.21. The van der Waals surface area contributed by atoms with E-state index in [0.29, 0.717) is 5.56 Å². The van der Waals surface area contributed by atoms with Gasteiger partial charge in [-0.3, -0.25) is 9.59 Å². The molecule has 4 atom stereocenters. The predicted molar refractivity (Wildman–Crippen MR) is 125 cm³/mol. The Balaban J connectivity index is 0.00000900. The maximum atomic E-state index is 12.4. The maximum Gasteiger partial charge on any atom is 0.311 e. The van der Waals surface area contributed by atoms with Crippen molar-refractivity contribution in [2.45, 2.75) is 86.3 Å². The lowest BCUT2D eigenvalue weighted by Gasteiger charge is -2.31. The summed E-state index contributed by atoms with van der Waals surface area (Å²) in [5.41, 5.74) is 6.39. The van der Waals surface area contributed by atoms with Crippen LogP contribution in [0, 0.1) is 17.3 Å². The van der Waals surface area contributed by atoms with Crippen LogP contribution in [0.5, 0.6) is 11.5 Å². The monoisotopic (exact) mass is 457 g/mol. The van der Waals surface area contributed by atoms with E-state index in [-0.39, 0.29) is 60.0 Å². The molecule has 0 saturated carbocycles. The first-order valence-corrected chi connectivity index (χ1v) is 10.9. The molecule has 0 spiro atoms. The molecular weight excluding hydrogens is 418 g/mol. The number of esters is 2. The number of carbonyl (C=O) groups is 2. The number of benzene rings is 1. The molecule has 1 rings (SSSR count). The van der Waals surface area contributed by atoms with E-state index in [1.165, 1.54) is 6.07 Å². The summed E-state index contributed by atoms with van der Waals surface area (Å²) in [4.78, 5) is 24.6. The van der Waals surface area contributed by atoms with Gasteiger partial charge in [-0.05, 0) is 34.9 Å². The summed E-state index contributed by atoms with van der Waals surface area (Å²) in [6.07, 6.45) is 1.29. The van der Waals surface area contributed by atoms with Crippen molar-refractivity contribution in [1.82, 2.24) is 0 Å². The van der Waals surface area contributed by atoms with Gasteiger partial charge in [0.2, 0.25) is 0 Å². The highest BCUT2D eigenvalue weighted by atomic mass is 35.5. The molecule has 7 heteroatoms. The van der Waals surface area contributed by atoms with Crippen LogP contribution in [0.1, 0.15) is 85.8 Å². The lowest BCUT2D eigenvalue weighted by molar-refractivity contribution is -0.138. The van der Waals surface area contributed by atoms with Crippen LogP contribution in [0.3, 0.4) is 0 Å². The van der Waals surface area contributed by atoms with Crippen molar-refractivity contribution in [3.8, 4) is 11.5 Å². The van der Waals surface area contributed by atoms with Gasteiger partial charge in [0.1, 0.15) is 0 Å². The largest absolute Gasteiger partial charge is 0.423 e. The zero-order chi connectivity index (χ0) is 23.1. The van der Waals surface area contributed by atoms with Crippen LogP contribution in [0.4, 0.5) is 0 Å². The number of aliphatic hydroxyl groups is 1. The molecule has 0 fully saturated rings. The summed E-state index contributed by atoms with van der Waals surface area (Å²) < 4.78 is 11.0. The third kappa shape index (κ3) is 9.58. The van der Waals surface area contributed by atoms with Crippen molar-refractivity contribution in [2.24, 2.45) is 23.0 Å². The number of rotatable bonds is 10. The van der Waals surface area contributed by atoms with Crippen LogP contribution in [-0.4, -0.2) is 23.1 Å². The fourth-order valence-corrected chi connectivity index (χ4v) is 2.74. The van der Waals surface area contributed by atoms with Crippen molar-refractivity contribution in [3.05, 3.63) is 23.8 Å². The second kappa shape index (κ2) is 13.0. The van der Waals surface area contributed by atoms with Gasteiger partial charge >= 0.3 is 11.9 Å². The molecule has 6 nitrogen and oxygen atoms in total. The van der Waals surface area contributed by atoms with Gasteiger partial charge < -0.3 is 20.3 Å². The van der Waals surface area contributed by atoms with Gasteiger partial charge in [0.25, 0.3) is 0 Å². The van der Waals surface area contributed by atoms with Crippen molar-refractivity contribution in [2.75, 3.05) is 0 Å². The van der Waals surface area contributed by atoms with E-state index in [1.54, 1.807) is 12.1 Å². The Kier molecular flexibility index (Phi) is 12.4. The molecule has 4 unspecified atom stereocenters. The van der Waals surface area contributed by atoms with Crippen LogP contribution >= 0.6 is 12.4 Å². The first kappa shape index (κ1) is 29.4. The summed E-state index contributed by atoms with van der Waals surface area (Å²) in [6.45, 7) is 13.8. The number of carbonyl (C=O) groups excluding carboxylic acids is 2. The van der Waals surface area contributed by atoms with Crippen molar-refractivity contribution < 1.29 is 24.2 Å². The molecule has 0 aliphatic carbocycles. The molecule has 0 heterocycles. The lowest BCUT2D eigenvalue weighted by atomic mass is 9.82. The van der Waals surface area contributed by atoms with E-state index in [2.05, 4.69) is 0 Å². The van der Waals surface area contributed by atoms with Crippen LogP contribution in [0.25, 0.3) is 0 Å². The summed E-state index contributed by atoms with van der Waals surface area (Å²) in [5, 5.41) is 10.7. The van der Waals surface area contributed by atoms with Gasteiger partial charge in [-0.1, -0.05) is 67.4 Å². The predicted octanol–water partition coefficient (Wildman–Crippen LogP) is 5.20. The molecule has 1 aromatic rings. The minimum Gasteiger partial charge on any atom is -0.423 e. The van der Waals surface area contributed by atoms with E-state index >= 15 is 0 Å². The van der Waals surface area contributed by atoms with Gasteiger partial charge in [-0.15, -0.1) is 12.4 Å². The zero-order valence-corrected chi connectivity index (χ0v) is 20.8. The minimum atomic E-state index is -0.957. The van der Waals surface area contributed by atoms with Crippen molar-refractivity contribution in [1.29, 1.82) is 0 Å². The minimum absolute atomic E-state index is 0. The lowest BCUT2D eigenvalue weighted by Crippen LogP contribution is -2.40. The van der Waals surface area contributed by atoms with E-state index in [1.807, 2.05) is 48.5 Å². The fraction of sp³-hybridized carbons (Fsp3) is 0.667. The number of halogens is 1. The van der Waals surface area contributed by atoms with Gasteiger partial charge in [-0.25, -0.2) is 0 Å². The molecule has 0 saturated heterocycles. The highest BCUT2D eigenvalue weighted by Gasteiger charge is 2.29. The Morgan fingerprint density at radius 3 is 1.84 bits per heavy atom. The molecule has 0 radical (unpaired) electrons. The average molecular weight is 458 g/mol. The van der Waals surface area contributed by atoms with Gasteiger partial charge in [0.05, 0.1) is 6.10 Å². The van der Waals surface area contributed by atoms with Gasteiger partial charge in [-0.2, -0.15) is 0 Å². The molecule has 0 aromatic heterocycles. The van der Waals surface area contributed by atoms with Gasteiger partial charge in [0, 0.05) is 18.9 Å². The second-order valence-corrected chi connectivity index (χ2v) is 9.43. The van der Waals surface area contributed by atoms with Crippen molar-refractivity contribution in [3.63, 3.8) is 0 Å². The van der Waals surface area contributed by atoms with Crippen molar-refractivity contribution >= 4 is 24.3 Å². The van der Waals surface area contributed by atoms with E-state index in [0.717, 1.165) is 12.8 Å². The highest BCUT2D eigenvalue weighted by Crippen LogP contribution is 2.35. The van der Waals surface area contributed by atoms with Crippen LogP contribution in [0.15, 0.2) is 18.2 Å². The number of hydrogen-bond acceptors (Lipinski definition) is 6. The summed E-state index contributed by atoms with van der Waals surface area (Å²) >= 11 is 0. The Morgan fingerprint density at radius 2 is 1.42 bits per heavy atom. The Morgan fingerprint density at radius 1 is 0.968 bits per heavy atom. The SMILES string of the molecule is CCC(C)CC(=O)Oc1ccc(C(O)C(N)C(C)(C)C)cc1OC(=O)CC(C)CC.Cl. The molecular formula is C24H40ClNO5. The standard InChI is InChI=1S/C24H39NO5.ClH/c1-8-15(3)12-20(26)29-18-11-10-17(22(28)23(25)24(5,6)7)14-19(18)30-21(27)13-16(4)9-2;/h10-11,14-16,22-23,28H,8-9,12-13,25H2,1-7H3;1H. The number of aliphatic hydroxyl groups excluding tert-OH is 1. The normalized spacial score (nSPS) is 15.3. The van der Waals surface area contributed by atoms with Gasteiger partial charge in [0.15, 0.2) is 11.5 Å². The highest BCUT2D eigenvalue weighted by molar-refractivity contribution is 5.85. The van der Waals surface area contributed by atoms with E-state index < -0.39 is 18.1 Å². The number of ether oxygens (including phenoxy) is 2. The summed E-state index contributed by atoms with van der Waals surface area (Å²) in [5.74, 6) is -0.130. The first-order chi connectivity index (χ1) is 13.9. The first-order valence-electron chi connectivity index (χ1n) is 10.9. The average Bonchev–Trinajstić information content (AvgIpc) is 2.66. The van der Waals surface area contributed by atoms with E-state index in [4.69, 9.17) is 15.2 Å². The molecule has 0 bridgehead atoms. The van der Waals surface area contributed by atoms with Crippen LogP contribution < -0.4 is 15.2 Å². The molecule has 0 aliphatic rings. The summed E-state index contributed by atoms with van der Waals surface area (Å²) in [7, 11) is 0. The van der Waals surface area contributed by atoms with Crippen LogP contribution in [-0.2, 0) is 9.59 Å².